The number of sulfonamides is 1. The Morgan fingerprint density at radius 2 is 1.44 bits per heavy atom. The molecule has 0 atom stereocenters. The number of hydrogen-bond donors (Lipinski definition) is 1. The van der Waals surface area contributed by atoms with Crippen molar-refractivity contribution in [3.05, 3.63) is 90.0 Å². The standard InChI is InChI=1S/C21H20N2O3S/c1-16-8-6-7-11-20(16)21(24)22-17-12-14-19(15-13-17)27(25,26)23(2)18-9-4-3-5-10-18/h3-15H,1-2H3,(H,22,24). The van der Waals surface area contributed by atoms with Crippen LogP contribution in [0.25, 0.3) is 0 Å². The molecule has 27 heavy (non-hydrogen) atoms. The molecule has 3 rings (SSSR count). The summed E-state index contributed by atoms with van der Waals surface area (Å²) in [5.41, 5.74) is 2.57. The molecule has 1 N–H and O–H groups in total. The number of benzene rings is 3. The van der Waals surface area contributed by atoms with Gasteiger partial charge in [0.2, 0.25) is 0 Å². The number of nitrogens with zero attached hydrogens (tertiary/aromatic N) is 1. The lowest BCUT2D eigenvalue weighted by molar-refractivity contribution is 0.102. The fourth-order valence-corrected chi connectivity index (χ4v) is 3.87. The van der Waals surface area contributed by atoms with Gasteiger partial charge in [0.1, 0.15) is 0 Å². The monoisotopic (exact) mass is 380 g/mol. The third-order valence-electron chi connectivity index (χ3n) is 4.28. The third kappa shape index (κ3) is 4.01. The molecule has 0 aliphatic rings. The van der Waals surface area contributed by atoms with Gasteiger partial charge in [0.15, 0.2) is 0 Å². The van der Waals surface area contributed by atoms with Gasteiger partial charge in [-0.2, -0.15) is 0 Å². The summed E-state index contributed by atoms with van der Waals surface area (Å²) in [5, 5.41) is 2.79. The number of hydrogen-bond acceptors (Lipinski definition) is 3. The van der Waals surface area contributed by atoms with E-state index in [2.05, 4.69) is 5.32 Å². The number of aryl methyl sites for hydroxylation is 1. The van der Waals surface area contributed by atoms with Crippen LogP contribution in [0.1, 0.15) is 15.9 Å². The lowest BCUT2D eigenvalue weighted by Gasteiger charge is -2.19. The minimum Gasteiger partial charge on any atom is -0.322 e. The fraction of sp³-hybridized carbons (Fsp3) is 0.0952. The molecule has 3 aromatic carbocycles. The molecule has 0 aromatic heterocycles. The summed E-state index contributed by atoms with van der Waals surface area (Å²) in [6.07, 6.45) is 0. The van der Waals surface area contributed by atoms with Gasteiger partial charge in [-0.1, -0.05) is 36.4 Å². The van der Waals surface area contributed by atoms with E-state index in [4.69, 9.17) is 0 Å². The van der Waals surface area contributed by atoms with Gasteiger partial charge in [-0.15, -0.1) is 0 Å². The zero-order valence-electron chi connectivity index (χ0n) is 15.1. The maximum absolute atomic E-state index is 12.8. The quantitative estimate of drug-likeness (QED) is 0.725. The van der Waals surface area contributed by atoms with Gasteiger partial charge in [0.25, 0.3) is 15.9 Å². The highest BCUT2D eigenvalue weighted by Crippen LogP contribution is 2.23. The van der Waals surface area contributed by atoms with Gasteiger partial charge in [0.05, 0.1) is 10.6 Å². The maximum atomic E-state index is 12.8. The van der Waals surface area contributed by atoms with Gasteiger partial charge < -0.3 is 5.32 Å². The van der Waals surface area contributed by atoms with Crippen LogP contribution in [-0.4, -0.2) is 21.4 Å². The van der Waals surface area contributed by atoms with Gasteiger partial charge in [0, 0.05) is 18.3 Å². The van der Waals surface area contributed by atoms with Gasteiger partial charge in [-0.3, -0.25) is 9.10 Å². The van der Waals surface area contributed by atoms with E-state index >= 15 is 0 Å². The number of rotatable bonds is 5. The van der Waals surface area contributed by atoms with E-state index in [0.717, 1.165) is 5.56 Å². The topological polar surface area (TPSA) is 66.5 Å². The van der Waals surface area contributed by atoms with Crippen molar-refractivity contribution in [1.29, 1.82) is 0 Å². The van der Waals surface area contributed by atoms with Crippen molar-refractivity contribution in [3.8, 4) is 0 Å². The predicted molar refractivity (Wildman–Crippen MR) is 108 cm³/mol. The van der Waals surface area contributed by atoms with Crippen LogP contribution in [0.2, 0.25) is 0 Å². The molecular formula is C21H20N2O3S. The molecule has 0 heterocycles. The Morgan fingerprint density at radius 3 is 2.07 bits per heavy atom. The molecule has 0 fully saturated rings. The van der Waals surface area contributed by atoms with Crippen LogP contribution in [0.15, 0.2) is 83.8 Å². The van der Waals surface area contributed by atoms with Crippen LogP contribution in [0, 0.1) is 6.92 Å². The molecule has 0 bridgehead atoms. The third-order valence-corrected chi connectivity index (χ3v) is 6.08. The van der Waals surface area contributed by atoms with Crippen LogP contribution in [0.4, 0.5) is 11.4 Å². The summed E-state index contributed by atoms with van der Waals surface area (Å²) in [7, 11) is -2.16. The Labute approximate surface area is 159 Å². The zero-order chi connectivity index (χ0) is 19.4. The molecule has 138 valence electrons. The van der Waals surface area contributed by atoms with Crippen molar-refractivity contribution in [2.75, 3.05) is 16.7 Å². The highest BCUT2D eigenvalue weighted by molar-refractivity contribution is 7.92. The molecule has 0 spiro atoms. The van der Waals surface area contributed by atoms with E-state index in [0.29, 0.717) is 16.9 Å². The minimum atomic E-state index is -3.68. The molecule has 6 heteroatoms. The van der Waals surface area contributed by atoms with Crippen LogP contribution in [0.5, 0.6) is 0 Å². The summed E-state index contributed by atoms with van der Waals surface area (Å²) in [5.74, 6) is -0.231. The van der Waals surface area contributed by atoms with E-state index < -0.39 is 10.0 Å². The van der Waals surface area contributed by atoms with Crippen LogP contribution in [-0.2, 0) is 10.0 Å². The average molecular weight is 380 g/mol. The summed E-state index contributed by atoms with van der Waals surface area (Å²) < 4.78 is 26.8. The minimum absolute atomic E-state index is 0.155. The molecule has 1 amide bonds. The van der Waals surface area contributed by atoms with E-state index in [1.807, 2.05) is 25.1 Å². The number of carbonyl (C=O) groups excluding carboxylic acids is 1. The van der Waals surface area contributed by atoms with Crippen LogP contribution in [0.3, 0.4) is 0 Å². The lowest BCUT2D eigenvalue weighted by atomic mass is 10.1. The predicted octanol–water partition coefficient (Wildman–Crippen LogP) is 4.07. The molecule has 0 saturated heterocycles. The van der Waals surface area contributed by atoms with Crippen molar-refractivity contribution in [3.63, 3.8) is 0 Å². The normalized spacial score (nSPS) is 11.0. The van der Waals surface area contributed by atoms with Gasteiger partial charge >= 0.3 is 0 Å². The lowest BCUT2D eigenvalue weighted by Crippen LogP contribution is -2.26. The molecule has 3 aromatic rings. The number of para-hydroxylation sites is 1. The van der Waals surface area contributed by atoms with Crippen molar-refractivity contribution >= 4 is 27.3 Å². The first-order valence-electron chi connectivity index (χ1n) is 8.40. The largest absolute Gasteiger partial charge is 0.322 e. The molecule has 0 radical (unpaired) electrons. The molecule has 5 nitrogen and oxygen atoms in total. The average Bonchev–Trinajstić information content (AvgIpc) is 2.68. The first-order chi connectivity index (χ1) is 12.9. The van der Waals surface area contributed by atoms with E-state index in [1.54, 1.807) is 48.5 Å². The van der Waals surface area contributed by atoms with E-state index in [1.165, 1.54) is 23.5 Å². The molecule has 0 saturated carbocycles. The number of carbonyl (C=O) groups is 1. The highest BCUT2D eigenvalue weighted by Gasteiger charge is 2.21. The second kappa shape index (κ2) is 7.63. The van der Waals surface area contributed by atoms with Crippen molar-refractivity contribution in [2.24, 2.45) is 0 Å². The Balaban J connectivity index is 1.79. The molecular weight excluding hydrogens is 360 g/mol. The molecule has 0 unspecified atom stereocenters. The Morgan fingerprint density at radius 1 is 0.852 bits per heavy atom. The SMILES string of the molecule is Cc1ccccc1C(=O)Nc1ccc(S(=O)(=O)N(C)c2ccccc2)cc1. The van der Waals surface area contributed by atoms with Crippen LogP contribution < -0.4 is 9.62 Å². The smallest absolute Gasteiger partial charge is 0.264 e. The second-order valence-corrected chi connectivity index (χ2v) is 8.07. The second-order valence-electron chi connectivity index (χ2n) is 6.10. The first-order valence-corrected chi connectivity index (χ1v) is 9.84. The molecule has 0 aliphatic carbocycles. The summed E-state index contributed by atoms with van der Waals surface area (Å²) in [6.45, 7) is 1.87. The van der Waals surface area contributed by atoms with E-state index in [9.17, 15) is 13.2 Å². The Kier molecular flexibility index (Phi) is 5.28. The highest BCUT2D eigenvalue weighted by atomic mass is 32.2. The first kappa shape index (κ1) is 18.7. The van der Waals surface area contributed by atoms with Gasteiger partial charge in [-0.05, 0) is 55.0 Å². The summed E-state index contributed by atoms with van der Waals surface area (Å²) in [6, 6.07) is 22.3. The summed E-state index contributed by atoms with van der Waals surface area (Å²) in [4.78, 5) is 12.5. The number of amides is 1. The van der Waals surface area contributed by atoms with Gasteiger partial charge in [-0.25, -0.2) is 8.42 Å². The Hall–Kier alpha value is -3.12. The van der Waals surface area contributed by atoms with Crippen molar-refractivity contribution in [1.82, 2.24) is 0 Å². The number of nitrogens with one attached hydrogen (secondary N) is 1. The van der Waals surface area contributed by atoms with Crippen molar-refractivity contribution in [2.45, 2.75) is 11.8 Å². The Bertz CT molecular complexity index is 1050. The fourth-order valence-electron chi connectivity index (χ4n) is 2.67. The van der Waals surface area contributed by atoms with Crippen LogP contribution >= 0.6 is 0 Å². The maximum Gasteiger partial charge on any atom is 0.264 e. The van der Waals surface area contributed by atoms with E-state index in [-0.39, 0.29) is 10.8 Å². The summed E-state index contributed by atoms with van der Waals surface area (Å²) >= 11 is 0. The zero-order valence-corrected chi connectivity index (χ0v) is 15.9. The number of anilines is 2. The van der Waals surface area contributed by atoms with Crippen molar-refractivity contribution < 1.29 is 13.2 Å². The molecule has 0 aliphatic heterocycles.